The minimum atomic E-state index is -0.213. The predicted octanol–water partition coefficient (Wildman–Crippen LogP) is 3.70. The lowest BCUT2D eigenvalue weighted by molar-refractivity contribution is 0.391. The first-order valence-corrected chi connectivity index (χ1v) is 5.79. The Hall–Kier alpha value is -1.36. The molecule has 1 aromatic carbocycles. The number of hydrogen-bond acceptors (Lipinski definition) is 1. The van der Waals surface area contributed by atoms with Crippen LogP contribution in [0.1, 0.15) is 31.7 Å². The van der Waals surface area contributed by atoms with Crippen LogP contribution in [0.3, 0.4) is 0 Å². The summed E-state index contributed by atoms with van der Waals surface area (Å²) in [6, 6.07) is 9.00. The Kier molecular flexibility index (Phi) is 2.96. The summed E-state index contributed by atoms with van der Waals surface area (Å²) in [5.74, 6) is 0.426. The number of nitrogens with zero attached hydrogens (tertiary/aromatic N) is 1. The average molecular weight is 217 g/mol. The summed E-state index contributed by atoms with van der Waals surface area (Å²) in [6.45, 7) is 2.20. The van der Waals surface area contributed by atoms with Gasteiger partial charge in [-0.1, -0.05) is 19.1 Å². The third-order valence-corrected chi connectivity index (χ3v) is 3.55. The second kappa shape index (κ2) is 4.25. The van der Waals surface area contributed by atoms with Crippen LogP contribution in [0.4, 0.5) is 4.39 Å². The van der Waals surface area contributed by atoms with Gasteiger partial charge in [-0.15, -0.1) is 0 Å². The van der Waals surface area contributed by atoms with Crippen molar-refractivity contribution in [1.29, 1.82) is 5.26 Å². The Labute approximate surface area is 95.9 Å². The molecule has 2 rings (SSSR count). The summed E-state index contributed by atoms with van der Waals surface area (Å²) in [6.07, 6.45) is 3.84. The largest absolute Gasteiger partial charge is 0.207 e. The highest BCUT2D eigenvalue weighted by Gasteiger charge is 2.37. The molecular weight excluding hydrogens is 201 g/mol. The van der Waals surface area contributed by atoms with Gasteiger partial charge in [0.15, 0.2) is 0 Å². The SMILES string of the molecule is CC1CCC(C#N)(Cc2ccc(F)cc2)C1. The van der Waals surface area contributed by atoms with E-state index in [-0.39, 0.29) is 11.2 Å². The molecule has 1 aromatic rings. The maximum absolute atomic E-state index is 12.8. The van der Waals surface area contributed by atoms with Gasteiger partial charge in [0.05, 0.1) is 11.5 Å². The maximum atomic E-state index is 12.8. The topological polar surface area (TPSA) is 23.8 Å². The van der Waals surface area contributed by atoms with Crippen molar-refractivity contribution in [3.05, 3.63) is 35.6 Å². The van der Waals surface area contributed by atoms with Crippen molar-refractivity contribution < 1.29 is 4.39 Å². The van der Waals surface area contributed by atoms with Crippen LogP contribution in [0.2, 0.25) is 0 Å². The fourth-order valence-electron chi connectivity index (χ4n) is 2.69. The van der Waals surface area contributed by atoms with Crippen molar-refractivity contribution in [3.8, 4) is 6.07 Å². The summed E-state index contributed by atoms with van der Waals surface area (Å²) >= 11 is 0. The fraction of sp³-hybridized carbons (Fsp3) is 0.500. The standard InChI is InChI=1S/C14H16FN/c1-11-6-7-14(8-11,10-16)9-12-2-4-13(15)5-3-12/h2-5,11H,6-9H2,1H3. The maximum Gasteiger partial charge on any atom is 0.123 e. The fourth-order valence-corrected chi connectivity index (χ4v) is 2.69. The molecular formula is C14H16FN. The molecule has 0 spiro atoms. The van der Waals surface area contributed by atoms with Crippen molar-refractivity contribution >= 4 is 0 Å². The van der Waals surface area contributed by atoms with Crippen molar-refractivity contribution in [1.82, 2.24) is 0 Å². The van der Waals surface area contributed by atoms with Gasteiger partial charge in [0.1, 0.15) is 5.82 Å². The number of rotatable bonds is 2. The van der Waals surface area contributed by atoms with E-state index in [0.717, 1.165) is 31.2 Å². The minimum Gasteiger partial charge on any atom is -0.207 e. The quantitative estimate of drug-likeness (QED) is 0.741. The molecule has 84 valence electrons. The van der Waals surface area contributed by atoms with E-state index in [2.05, 4.69) is 13.0 Å². The molecule has 16 heavy (non-hydrogen) atoms. The first kappa shape index (κ1) is 11.1. The average Bonchev–Trinajstić information content (AvgIpc) is 2.64. The van der Waals surface area contributed by atoms with Gasteiger partial charge in [-0.25, -0.2) is 4.39 Å². The smallest absolute Gasteiger partial charge is 0.123 e. The number of benzene rings is 1. The monoisotopic (exact) mass is 217 g/mol. The second-order valence-electron chi connectivity index (χ2n) is 5.04. The van der Waals surface area contributed by atoms with Crippen molar-refractivity contribution in [2.24, 2.45) is 11.3 Å². The van der Waals surface area contributed by atoms with Crippen LogP contribution < -0.4 is 0 Å². The van der Waals surface area contributed by atoms with Crippen LogP contribution in [0.15, 0.2) is 24.3 Å². The molecule has 0 aromatic heterocycles. The van der Waals surface area contributed by atoms with Gasteiger partial charge in [0.2, 0.25) is 0 Å². The zero-order chi connectivity index (χ0) is 11.6. The molecule has 0 N–H and O–H groups in total. The molecule has 0 amide bonds. The first-order chi connectivity index (χ1) is 7.63. The molecule has 1 saturated carbocycles. The van der Waals surface area contributed by atoms with Crippen LogP contribution in [0, 0.1) is 28.5 Å². The first-order valence-electron chi connectivity index (χ1n) is 5.79. The molecule has 1 aliphatic rings. The van der Waals surface area contributed by atoms with Crippen LogP contribution in [0.25, 0.3) is 0 Å². The Morgan fingerprint density at radius 3 is 2.62 bits per heavy atom. The van der Waals surface area contributed by atoms with E-state index in [4.69, 9.17) is 0 Å². The van der Waals surface area contributed by atoms with Crippen LogP contribution in [-0.4, -0.2) is 0 Å². The number of nitriles is 1. The van der Waals surface area contributed by atoms with Gasteiger partial charge in [-0.3, -0.25) is 0 Å². The van der Waals surface area contributed by atoms with Crippen LogP contribution in [0.5, 0.6) is 0 Å². The molecule has 2 unspecified atom stereocenters. The summed E-state index contributed by atoms with van der Waals surface area (Å²) in [5, 5.41) is 9.33. The van der Waals surface area contributed by atoms with Gasteiger partial charge >= 0.3 is 0 Å². The summed E-state index contributed by atoms with van der Waals surface area (Å²) < 4.78 is 12.8. The number of hydrogen-bond donors (Lipinski definition) is 0. The second-order valence-corrected chi connectivity index (χ2v) is 5.04. The molecule has 0 bridgehead atoms. The van der Waals surface area contributed by atoms with Crippen LogP contribution >= 0.6 is 0 Å². The Morgan fingerprint density at radius 2 is 2.12 bits per heavy atom. The summed E-state index contributed by atoms with van der Waals surface area (Å²) in [4.78, 5) is 0. The zero-order valence-electron chi connectivity index (χ0n) is 9.54. The van der Waals surface area contributed by atoms with Crippen LogP contribution in [-0.2, 0) is 6.42 Å². The van der Waals surface area contributed by atoms with Gasteiger partial charge in [0.25, 0.3) is 0 Å². The van der Waals surface area contributed by atoms with E-state index < -0.39 is 0 Å². The Balaban J connectivity index is 2.14. The molecule has 1 aliphatic carbocycles. The highest BCUT2D eigenvalue weighted by Crippen LogP contribution is 2.43. The molecule has 1 fully saturated rings. The molecule has 2 heteroatoms. The summed E-state index contributed by atoms with van der Waals surface area (Å²) in [5.41, 5.74) is 0.856. The lowest BCUT2D eigenvalue weighted by Crippen LogP contribution is -2.17. The molecule has 0 heterocycles. The lowest BCUT2D eigenvalue weighted by atomic mass is 9.81. The Bertz CT molecular complexity index is 404. The molecule has 0 saturated heterocycles. The van der Waals surface area contributed by atoms with Gasteiger partial charge in [-0.05, 0) is 49.3 Å². The van der Waals surface area contributed by atoms with Crippen molar-refractivity contribution in [2.45, 2.75) is 32.6 Å². The normalized spacial score (nSPS) is 28.9. The van der Waals surface area contributed by atoms with E-state index in [1.807, 2.05) is 0 Å². The molecule has 2 atom stereocenters. The van der Waals surface area contributed by atoms with Gasteiger partial charge < -0.3 is 0 Å². The van der Waals surface area contributed by atoms with Crippen molar-refractivity contribution in [3.63, 3.8) is 0 Å². The van der Waals surface area contributed by atoms with E-state index >= 15 is 0 Å². The summed E-state index contributed by atoms with van der Waals surface area (Å²) in [7, 11) is 0. The van der Waals surface area contributed by atoms with E-state index in [1.54, 1.807) is 12.1 Å². The highest BCUT2D eigenvalue weighted by atomic mass is 19.1. The van der Waals surface area contributed by atoms with E-state index in [1.165, 1.54) is 12.1 Å². The minimum absolute atomic E-state index is 0.211. The Morgan fingerprint density at radius 1 is 1.44 bits per heavy atom. The third-order valence-electron chi connectivity index (χ3n) is 3.55. The van der Waals surface area contributed by atoms with Crippen molar-refractivity contribution in [2.75, 3.05) is 0 Å². The molecule has 0 aliphatic heterocycles. The molecule has 1 nitrogen and oxygen atoms in total. The third kappa shape index (κ3) is 2.24. The molecule has 0 radical (unpaired) electrons. The van der Waals surface area contributed by atoms with Gasteiger partial charge in [0, 0.05) is 0 Å². The zero-order valence-corrected chi connectivity index (χ0v) is 9.54. The predicted molar refractivity (Wildman–Crippen MR) is 61.2 cm³/mol. The van der Waals surface area contributed by atoms with E-state index in [0.29, 0.717) is 5.92 Å². The lowest BCUT2D eigenvalue weighted by Gasteiger charge is -2.20. The van der Waals surface area contributed by atoms with E-state index in [9.17, 15) is 9.65 Å². The number of halogens is 1. The van der Waals surface area contributed by atoms with Gasteiger partial charge in [-0.2, -0.15) is 5.26 Å². The highest BCUT2D eigenvalue weighted by molar-refractivity contribution is 5.21.